The van der Waals surface area contributed by atoms with E-state index in [2.05, 4.69) is 31.3 Å². The van der Waals surface area contributed by atoms with Crippen molar-refractivity contribution in [2.45, 2.75) is 35.7 Å². The molecular weight excluding hydrogens is 717 g/mol. The van der Waals surface area contributed by atoms with Crippen molar-refractivity contribution in [2.75, 3.05) is 48.6 Å². The third kappa shape index (κ3) is 8.16. The Morgan fingerprint density at radius 2 is 0.909 bits per heavy atom. The molecule has 2 atom stereocenters. The molecule has 2 amide bonds. The summed E-state index contributed by atoms with van der Waals surface area (Å²) in [6.45, 7) is 3.56. The van der Waals surface area contributed by atoms with Gasteiger partial charge in [0.1, 0.15) is 0 Å². The van der Waals surface area contributed by atoms with Crippen molar-refractivity contribution in [3.05, 3.63) is 119 Å². The fourth-order valence-corrected chi connectivity index (χ4v) is 7.56. The lowest BCUT2D eigenvalue weighted by Gasteiger charge is -2.25. The molecule has 0 aliphatic carbocycles. The largest absolute Gasteiger partial charge is 0.378 e. The summed E-state index contributed by atoms with van der Waals surface area (Å²) in [4.78, 5) is 39.9. The maximum atomic E-state index is 13.6. The summed E-state index contributed by atoms with van der Waals surface area (Å²) in [5.74, 6) is -0.416. The van der Waals surface area contributed by atoms with Crippen LogP contribution in [0.3, 0.4) is 0 Å². The van der Waals surface area contributed by atoms with Gasteiger partial charge in [0.25, 0.3) is 11.8 Å². The van der Waals surface area contributed by atoms with Gasteiger partial charge in [-0.1, -0.05) is 24.3 Å². The molecule has 4 aromatic carbocycles. The van der Waals surface area contributed by atoms with Gasteiger partial charge in [-0.3, -0.25) is 9.59 Å². The average molecular weight is 761 g/mol. The average Bonchev–Trinajstić information content (AvgIpc) is 3.14. The zero-order valence-corrected chi connectivity index (χ0v) is 32.2. The standard InChI is InChI=1S/C40H44N10O4S/c1-23-33(35(47-39(41)43-23)25-7-15-29(16-8-25)49(3)4)37(51)45-27-11-19-31(20-12-27)55(53,54)32-21-13-28(14-22-32)46-38(52)34-24(2)44-40(42)48-36(34)26-9-17-30(18-10-26)50(5)6/h7-24H,1-6H3,(H,45,51)(H,46,52)(H3,41,43,47)(H3,42,44,48). The summed E-state index contributed by atoms with van der Waals surface area (Å²) in [6.07, 6.45) is 0. The third-order valence-corrected chi connectivity index (χ3v) is 11.0. The molecule has 0 fully saturated rings. The zero-order valence-electron chi connectivity index (χ0n) is 31.4. The Morgan fingerprint density at radius 1 is 0.582 bits per heavy atom. The molecule has 0 bridgehead atoms. The van der Waals surface area contributed by atoms with E-state index in [1.165, 1.54) is 48.5 Å². The van der Waals surface area contributed by atoms with Crippen LogP contribution in [0.4, 0.5) is 22.7 Å². The van der Waals surface area contributed by atoms with Crippen LogP contribution in [0.25, 0.3) is 11.4 Å². The topological polar surface area (TPSA) is 200 Å². The number of nitrogens with one attached hydrogen (secondary N) is 4. The predicted molar refractivity (Wildman–Crippen MR) is 219 cm³/mol. The molecule has 0 saturated heterocycles. The van der Waals surface area contributed by atoms with E-state index in [0.29, 0.717) is 33.9 Å². The summed E-state index contributed by atoms with van der Waals surface area (Å²) in [7, 11) is 3.83. The van der Waals surface area contributed by atoms with E-state index in [-0.39, 0.29) is 21.7 Å². The smallest absolute Gasteiger partial charge is 0.255 e. The molecule has 2 aliphatic heterocycles. The second-order valence-electron chi connectivity index (χ2n) is 13.6. The van der Waals surface area contributed by atoms with Crippen LogP contribution in [0.15, 0.2) is 128 Å². The van der Waals surface area contributed by atoms with Crippen molar-refractivity contribution < 1.29 is 18.0 Å². The molecule has 55 heavy (non-hydrogen) atoms. The predicted octanol–water partition coefficient (Wildman–Crippen LogP) is 3.96. The van der Waals surface area contributed by atoms with E-state index in [0.717, 1.165) is 22.5 Å². The van der Waals surface area contributed by atoms with Crippen LogP contribution in [0.2, 0.25) is 0 Å². The first-order valence-corrected chi connectivity index (χ1v) is 18.9. The number of carbonyl (C=O) groups is 2. The molecule has 0 saturated carbocycles. The molecule has 2 aliphatic rings. The number of sulfone groups is 1. The molecule has 15 heteroatoms. The maximum absolute atomic E-state index is 13.6. The first kappa shape index (κ1) is 38.1. The molecule has 8 N–H and O–H groups in total. The number of nitrogens with two attached hydrogens (primary N) is 2. The van der Waals surface area contributed by atoms with Crippen LogP contribution in [-0.4, -0.2) is 72.4 Å². The van der Waals surface area contributed by atoms with E-state index in [1.807, 2.05) is 86.5 Å². The van der Waals surface area contributed by atoms with Crippen molar-refractivity contribution >= 4 is 67.7 Å². The Balaban J connectivity index is 1.17. The number of hydrogen-bond donors (Lipinski definition) is 6. The Morgan fingerprint density at radius 3 is 1.22 bits per heavy atom. The van der Waals surface area contributed by atoms with Crippen LogP contribution in [-0.2, 0) is 19.4 Å². The number of carbonyl (C=O) groups excluding carboxylic acids is 2. The molecule has 0 aromatic heterocycles. The first-order chi connectivity index (χ1) is 26.1. The number of nitrogens with zero attached hydrogens (tertiary/aromatic N) is 4. The summed E-state index contributed by atoms with van der Waals surface area (Å²) >= 11 is 0. The normalized spacial score (nSPS) is 17.0. The number of rotatable bonds is 10. The van der Waals surface area contributed by atoms with Crippen molar-refractivity contribution in [1.29, 1.82) is 0 Å². The highest BCUT2D eigenvalue weighted by atomic mass is 32.2. The van der Waals surface area contributed by atoms with Gasteiger partial charge in [0.15, 0.2) is 11.9 Å². The molecule has 0 spiro atoms. The lowest BCUT2D eigenvalue weighted by atomic mass is 9.98. The van der Waals surface area contributed by atoms with Gasteiger partial charge in [-0.25, -0.2) is 18.4 Å². The number of aliphatic imine (C=N–C) groups is 2. The van der Waals surface area contributed by atoms with Gasteiger partial charge in [-0.2, -0.15) is 0 Å². The van der Waals surface area contributed by atoms with Gasteiger partial charge in [0.2, 0.25) is 9.84 Å². The first-order valence-electron chi connectivity index (χ1n) is 17.4. The molecule has 14 nitrogen and oxygen atoms in total. The summed E-state index contributed by atoms with van der Waals surface area (Å²) < 4.78 is 27.2. The van der Waals surface area contributed by atoms with E-state index in [4.69, 9.17) is 11.5 Å². The van der Waals surface area contributed by atoms with Crippen molar-refractivity contribution in [3.63, 3.8) is 0 Å². The summed E-state index contributed by atoms with van der Waals surface area (Å²) in [5, 5.41) is 11.8. The van der Waals surface area contributed by atoms with Crippen LogP contribution < -0.4 is 42.5 Å². The highest BCUT2D eigenvalue weighted by Gasteiger charge is 2.29. The van der Waals surface area contributed by atoms with E-state index in [1.54, 1.807) is 13.8 Å². The highest BCUT2D eigenvalue weighted by Crippen LogP contribution is 2.29. The molecule has 284 valence electrons. The minimum atomic E-state index is -3.94. The summed E-state index contributed by atoms with van der Waals surface area (Å²) in [5.41, 5.74) is 18.2. The molecule has 2 unspecified atom stereocenters. The van der Waals surface area contributed by atoms with Crippen LogP contribution in [0.5, 0.6) is 0 Å². The Kier molecular flexibility index (Phi) is 10.7. The Labute approximate surface area is 320 Å². The van der Waals surface area contributed by atoms with Crippen LogP contribution in [0.1, 0.15) is 25.0 Å². The van der Waals surface area contributed by atoms with Gasteiger partial charge in [0.05, 0.1) is 44.4 Å². The maximum Gasteiger partial charge on any atom is 0.255 e. The van der Waals surface area contributed by atoms with Crippen molar-refractivity contribution in [2.24, 2.45) is 21.5 Å². The van der Waals surface area contributed by atoms with Crippen molar-refractivity contribution in [3.8, 4) is 0 Å². The van der Waals surface area contributed by atoms with E-state index < -0.39 is 33.7 Å². The quantitative estimate of drug-likeness (QED) is 0.138. The number of hydrogen-bond acceptors (Lipinski definition) is 12. The lowest BCUT2D eigenvalue weighted by Crippen LogP contribution is -2.39. The number of guanidine groups is 2. The SMILES string of the molecule is CC1N=C(N)NC(c2ccc(N(C)C)cc2)=C1C(=O)Nc1ccc(S(=O)(=O)c2ccc(NC(=O)C3=C(c4ccc(N(C)C)cc4)NC(N)=NC3C)cc2)cc1. The fraction of sp³-hybridized carbons (Fsp3) is 0.200. The summed E-state index contributed by atoms with van der Waals surface area (Å²) in [6, 6.07) is 26.1. The van der Waals surface area contributed by atoms with Gasteiger partial charge >= 0.3 is 0 Å². The number of anilines is 4. The number of benzene rings is 4. The van der Waals surface area contributed by atoms with E-state index >= 15 is 0 Å². The van der Waals surface area contributed by atoms with Gasteiger partial charge in [0, 0.05) is 50.9 Å². The van der Waals surface area contributed by atoms with Gasteiger partial charge < -0.3 is 42.5 Å². The van der Waals surface area contributed by atoms with Crippen LogP contribution in [0, 0.1) is 0 Å². The fourth-order valence-electron chi connectivity index (χ4n) is 6.30. The Hall–Kier alpha value is -6.61. The molecule has 4 aromatic rings. The third-order valence-electron chi connectivity index (χ3n) is 9.22. The zero-order chi connectivity index (χ0) is 39.6. The van der Waals surface area contributed by atoms with Crippen LogP contribution >= 0.6 is 0 Å². The molecule has 6 rings (SSSR count). The minimum Gasteiger partial charge on any atom is -0.378 e. The van der Waals surface area contributed by atoms with Gasteiger partial charge in [-0.15, -0.1) is 0 Å². The number of amides is 2. The monoisotopic (exact) mass is 760 g/mol. The molecule has 0 radical (unpaired) electrons. The lowest BCUT2D eigenvalue weighted by molar-refractivity contribution is -0.113. The highest BCUT2D eigenvalue weighted by molar-refractivity contribution is 7.91. The second-order valence-corrected chi connectivity index (χ2v) is 15.5. The molecular formula is C40H44N10O4S. The second kappa shape index (κ2) is 15.4. The minimum absolute atomic E-state index is 0.0286. The Bertz CT molecular complexity index is 2190. The van der Waals surface area contributed by atoms with Crippen molar-refractivity contribution in [1.82, 2.24) is 10.6 Å². The molecule has 2 heterocycles. The van der Waals surface area contributed by atoms with Gasteiger partial charge in [-0.05, 0) is 97.8 Å². The van der Waals surface area contributed by atoms with E-state index in [9.17, 15) is 18.0 Å².